The number of benzene rings is 1. The predicted octanol–water partition coefficient (Wildman–Crippen LogP) is 3.44. The molecule has 0 spiro atoms. The van der Waals surface area contributed by atoms with Crippen LogP contribution in [0.3, 0.4) is 0 Å². The van der Waals surface area contributed by atoms with Gasteiger partial charge in [0.15, 0.2) is 0 Å². The van der Waals surface area contributed by atoms with E-state index in [0.29, 0.717) is 6.54 Å². The average molecular weight is 307 g/mol. The van der Waals surface area contributed by atoms with Gasteiger partial charge in [0, 0.05) is 19.0 Å². The second kappa shape index (κ2) is 6.80. The Morgan fingerprint density at radius 2 is 2.00 bits per heavy atom. The molecule has 1 heterocycles. The van der Waals surface area contributed by atoms with Gasteiger partial charge in [-0.3, -0.25) is 4.79 Å². The molecule has 0 radical (unpaired) electrons. The number of rotatable bonds is 3. The van der Waals surface area contributed by atoms with Gasteiger partial charge in [0.25, 0.3) is 0 Å². The zero-order valence-corrected chi connectivity index (χ0v) is 13.1. The summed E-state index contributed by atoms with van der Waals surface area (Å²) in [6.07, 6.45) is 6.70. The number of nitrogens with zero attached hydrogens (tertiary/aromatic N) is 1. The fourth-order valence-electron chi connectivity index (χ4n) is 3.54. The molecule has 1 aromatic carbocycles. The van der Waals surface area contributed by atoms with Crippen LogP contribution in [0.5, 0.6) is 0 Å². The maximum Gasteiger partial charge on any atom is 0.223 e. The maximum atomic E-state index is 12.3. The molecule has 1 amide bonds. The SMILES string of the molecule is O=C(NC[C@H]1c2ccccc2CCN1Cl)C1CCCCC1. The molecule has 0 bridgehead atoms. The highest BCUT2D eigenvalue weighted by atomic mass is 35.5. The van der Waals surface area contributed by atoms with Crippen LogP contribution < -0.4 is 5.32 Å². The van der Waals surface area contributed by atoms with Gasteiger partial charge in [0.05, 0.1) is 6.04 Å². The first kappa shape index (κ1) is 14.9. The second-order valence-corrected chi connectivity index (χ2v) is 6.60. The summed E-state index contributed by atoms with van der Waals surface area (Å²) >= 11 is 6.36. The lowest BCUT2D eigenvalue weighted by atomic mass is 9.88. The monoisotopic (exact) mass is 306 g/mol. The highest BCUT2D eigenvalue weighted by molar-refractivity contribution is 6.13. The Labute approximate surface area is 131 Å². The Kier molecular flexibility index (Phi) is 4.81. The van der Waals surface area contributed by atoms with Gasteiger partial charge in [-0.1, -0.05) is 43.5 Å². The zero-order valence-electron chi connectivity index (χ0n) is 12.4. The first-order valence-electron chi connectivity index (χ1n) is 8.03. The van der Waals surface area contributed by atoms with Crippen molar-refractivity contribution >= 4 is 17.7 Å². The van der Waals surface area contributed by atoms with E-state index >= 15 is 0 Å². The summed E-state index contributed by atoms with van der Waals surface area (Å²) in [4.78, 5) is 12.3. The predicted molar refractivity (Wildman–Crippen MR) is 85.0 cm³/mol. The molecule has 0 unspecified atom stereocenters. The van der Waals surface area contributed by atoms with E-state index in [1.807, 2.05) is 10.5 Å². The van der Waals surface area contributed by atoms with Crippen LogP contribution in [0.4, 0.5) is 0 Å². The lowest BCUT2D eigenvalue weighted by Gasteiger charge is -2.33. The molecular weight excluding hydrogens is 284 g/mol. The minimum atomic E-state index is 0.0872. The smallest absolute Gasteiger partial charge is 0.223 e. The van der Waals surface area contributed by atoms with Crippen molar-refractivity contribution in [2.75, 3.05) is 13.1 Å². The van der Waals surface area contributed by atoms with E-state index in [2.05, 4.69) is 23.5 Å². The van der Waals surface area contributed by atoms with Gasteiger partial charge in [0.2, 0.25) is 5.91 Å². The highest BCUT2D eigenvalue weighted by Gasteiger charge is 2.28. The fraction of sp³-hybridized carbons (Fsp3) is 0.588. The van der Waals surface area contributed by atoms with Gasteiger partial charge < -0.3 is 5.32 Å². The van der Waals surface area contributed by atoms with Crippen LogP contribution in [0.15, 0.2) is 24.3 Å². The molecule has 1 saturated carbocycles. The maximum absolute atomic E-state index is 12.3. The Bertz CT molecular complexity index is 499. The Morgan fingerprint density at radius 1 is 1.24 bits per heavy atom. The van der Waals surface area contributed by atoms with Crippen molar-refractivity contribution in [2.24, 2.45) is 5.92 Å². The van der Waals surface area contributed by atoms with Crippen molar-refractivity contribution in [1.29, 1.82) is 0 Å². The van der Waals surface area contributed by atoms with Crippen LogP contribution in [-0.2, 0) is 11.2 Å². The summed E-state index contributed by atoms with van der Waals surface area (Å²) < 4.78 is 1.84. The first-order valence-corrected chi connectivity index (χ1v) is 8.37. The topological polar surface area (TPSA) is 32.3 Å². The summed E-state index contributed by atoms with van der Waals surface area (Å²) in [5, 5.41) is 3.13. The lowest BCUT2D eigenvalue weighted by Crippen LogP contribution is -2.40. The van der Waals surface area contributed by atoms with E-state index in [0.717, 1.165) is 25.8 Å². The minimum absolute atomic E-state index is 0.0872. The third-order valence-corrected chi connectivity index (χ3v) is 5.20. The first-order chi connectivity index (χ1) is 10.3. The number of carbonyl (C=O) groups is 1. The van der Waals surface area contributed by atoms with Gasteiger partial charge in [0.1, 0.15) is 0 Å². The van der Waals surface area contributed by atoms with E-state index in [4.69, 9.17) is 11.8 Å². The van der Waals surface area contributed by atoms with Gasteiger partial charge in [-0.05, 0) is 42.2 Å². The molecule has 0 aromatic heterocycles. The quantitative estimate of drug-likeness (QED) is 0.868. The molecule has 3 nitrogen and oxygen atoms in total. The van der Waals surface area contributed by atoms with E-state index in [-0.39, 0.29) is 17.9 Å². The molecule has 1 N–H and O–H groups in total. The molecule has 1 aliphatic carbocycles. The second-order valence-electron chi connectivity index (χ2n) is 6.17. The van der Waals surface area contributed by atoms with Crippen LogP contribution in [0.1, 0.15) is 49.3 Å². The third-order valence-electron chi connectivity index (χ3n) is 4.79. The minimum Gasteiger partial charge on any atom is -0.354 e. The molecule has 4 heteroatoms. The van der Waals surface area contributed by atoms with E-state index in [9.17, 15) is 4.79 Å². The largest absolute Gasteiger partial charge is 0.354 e. The standard InChI is InChI=1S/C17H23ClN2O/c18-20-11-10-13-6-4-5-9-15(13)16(20)12-19-17(21)14-7-2-1-3-8-14/h4-6,9,14,16H,1-3,7-8,10-12H2,(H,19,21)/t16-/m0/s1. The number of amides is 1. The molecule has 1 atom stereocenters. The number of hydrogen-bond acceptors (Lipinski definition) is 2. The summed E-state index contributed by atoms with van der Waals surface area (Å²) in [6, 6.07) is 8.49. The van der Waals surface area contributed by atoms with Crippen LogP contribution in [-0.4, -0.2) is 23.4 Å². The van der Waals surface area contributed by atoms with Crippen molar-refractivity contribution in [2.45, 2.75) is 44.6 Å². The van der Waals surface area contributed by atoms with Gasteiger partial charge in [-0.15, -0.1) is 0 Å². The normalized spacial score (nSPS) is 23.6. The zero-order chi connectivity index (χ0) is 14.7. The van der Waals surface area contributed by atoms with Crippen molar-refractivity contribution < 1.29 is 4.79 Å². The van der Waals surface area contributed by atoms with Gasteiger partial charge in [-0.25, -0.2) is 4.42 Å². The molecule has 2 aliphatic rings. The number of hydrogen-bond donors (Lipinski definition) is 1. The van der Waals surface area contributed by atoms with Crippen LogP contribution in [0.2, 0.25) is 0 Å². The van der Waals surface area contributed by atoms with E-state index in [1.165, 1.54) is 30.4 Å². The van der Waals surface area contributed by atoms with Crippen molar-refractivity contribution in [3.05, 3.63) is 35.4 Å². The Morgan fingerprint density at radius 3 is 2.81 bits per heavy atom. The molecule has 1 fully saturated rings. The lowest BCUT2D eigenvalue weighted by molar-refractivity contribution is -0.126. The van der Waals surface area contributed by atoms with Crippen molar-refractivity contribution in [3.63, 3.8) is 0 Å². The van der Waals surface area contributed by atoms with E-state index in [1.54, 1.807) is 0 Å². The molecule has 1 aliphatic heterocycles. The van der Waals surface area contributed by atoms with Crippen LogP contribution in [0.25, 0.3) is 0 Å². The molecule has 3 rings (SSSR count). The van der Waals surface area contributed by atoms with Crippen molar-refractivity contribution in [1.82, 2.24) is 9.74 Å². The summed E-state index contributed by atoms with van der Waals surface area (Å²) in [6.45, 7) is 1.44. The highest BCUT2D eigenvalue weighted by Crippen LogP contribution is 2.31. The molecular formula is C17H23ClN2O. The van der Waals surface area contributed by atoms with Crippen LogP contribution in [0, 0.1) is 5.92 Å². The molecule has 114 valence electrons. The summed E-state index contributed by atoms with van der Waals surface area (Å²) in [5.74, 6) is 0.421. The number of nitrogens with one attached hydrogen (secondary N) is 1. The summed E-state index contributed by atoms with van der Waals surface area (Å²) in [7, 11) is 0. The Hall–Kier alpha value is -1.06. The number of fused-ring (bicyclic) bond motifs is 1. The third kappa shape index (κ3) is 3.41. The van der Waals surface area contributed by atoms with E-state index < -0.39 is 0 Å². The summed E-state index contributed by atoms with van der Waals surface area (Å²) in [5.41, 5.74) is 2.61. The van der Waals surface area contributed by atoms with Gasteiger partial charge >= 0.3 is 0 Å². The Balaban J connectivity index is 1.63. The molecule has 0 saturated heterocycles. The molecule has 21 heavy (non-hydrogen) atoms. The molecule has 1 aromatic rings. The number of halogens is 1. The fourth-order valence-corrected chi connectivity index (χ4v) is 3.80. The number of carbonyl (C=O) groups excluding carboxylic acids is 1. The van der Waals surface area contributed by atoms with Crippen LogP contribution >= 0.6 is 11.8 Å². The van der Waals surface area contributed by atoms with Crippen molar-refractivity contribution in [3.8, 4) is 0 Å². The van der Waals surface area contributed by atoms with Gasteiger partial charge in [-0.2, -0.15) is 0 Å². The average Bonchev–Trinajstić information content (AvgIpc) is 2.54.